The summed E-state index contributed by atoms with van der Waals surface area (Å²) in [6.07, 6.45) is -12.7. The Morgan fingerprint density at radius 2 is 1.43 bits per heavy atom. The summed E-state index contributed by atoms with van der Waals surface area (Å²) in [6.45, 7) is 0. The van der Waals surface area contributed by atoms with E-state index in [4.69, 9.17) is 9.66 Å². The lowest BCUT2D eigenvalue weighted by molar-refractivity contribution is -0.360. The molecule has 1 aromatic carbocycles. The molecule has 0 fully saturated rings. The monoisotopic (exact) mass is 440 g/mol. The van der Waals surface area contributed by atoms with Crippen molar-refractivity contribution in [2.45, 2.75) is 18.0 Å². The number of aromatic hydroxyl groups is 3. The number of phenolic OH excluding ortho intramolecular Hbond substituents is 3. The van der Waals surface area contributed by atoms with Crippen LogP contribution < -0.4 is 0 Å². The molecule has 0 heterocycles. The van der Waals surface area contributed by atoms with Gasteiger partial charge in [-0.15, -0.1) is 0 Å². The second-order valence-corrected chi connectivity index (χ2v) is 6.65. The molecule has 0 saturated heterocycles. The van der Waals surface area contributed by atoms with E-state index in [2.05, 4.69) is 4.74 Å². The van der Waals surface area contributed by atoms with Crippen LogP contribution in [0.25, 0.3) is 6.08 Å². The van der Waals surface area contributed by atoms with Gasteiger partial charge in [-0.1, -0.05) is 0 Å². The van der Waals surface area contributed by atoms with E-state index in [9.17, 15) is 49.8 Å². The number of carbonyl (C=O) groups is 1. The fraction of sp³-hybridized carbons (Fsp3) is 0.308. The van der Waals surface area contributed by atoms with Gasteiger partial charge in [0.1, 0.15) is 23.0 Å². The third-order valence-corrected chi connectivity index (χ3v) is 3.85. The standard InChI is InChI=1S/C13H10F6O8S/c14-12(15,16)11(13(17,18)19,5-28(24,25)26)27-10(23)2-1-7-8(21)3-6(20)4-9(7)22/h1-4,20-22H,5H2,(H,24,25,26)/b2-1+. The molecule has 0 amide bonds. The molecule has 4 N–H and O–H groups in total. The fourth-order valence-corrected chi connectivity index (χ4v) is 2.76. The molecule has 0 aliphatic carbocycles. The van der Waals surface area contributed by atoms with Gasteiger partial charge in [0, 0.05) is 18.2 Å². The molecule has 1 rings (SSSR count). The van der Waals surface area contributed by atoms with Crippen molar-refractivity contribution in [2.75, 3.05) is 5.75 Å². The number of hydrogen-bond acceptors (Lipinski definition) is 7. The van der Waals surface area contributed by atoms with Crippen LogP contribution >= 0.6 is 0 Å². The number of hydrogen-bond donors (Lipinski definition) is 4. The van der Waals surface area contributed by atoms with Crippen LogP contribution in [0, 0.1) is 0 Å². The minimum Gasteiger partial charge on any atom is -0.508 e. The Balaban J connectivity index is 3.35. The Labute approximate surface area is 152 Å². The number of rotatable bonds is 5. The number of esters is 1. The summed E-state index contributed by atoms with van der Waals surface area (Å²) in [5, 5.41) is 27.9. The van der Waals surface area contributed by atoms with E-state index in [1.165, 1.54) is 0 Å². The molecular weight excluding hydrogens is 430 g/mol. The number of phenols is 3. The summed E-state index contributed by atoms with van der Waals surface area (Å²) in [4.78, 5) is 11.5. The van der Waals surface area contributed by atoms with E-state index in [1.54, 1.807) is 0 Å². The molecule has 0 aromatic heterocycles. The highest BCUT2D eigenvalue weighted by Gasteiger charge is 2.75. The molecule has 0 unspecified atom stereocenters. The van der Waals surface area contributed by atoms with Gasteiger partial charge in [0.2, 0.25) is 0 Å². The topological polar surface area (TPSA) is 141 Å². The lowest BCUT2D eigenvalue weighted by Crippen LogP contribution is -2.63. The van der Waals surface area contributed by atoms with Gasteiger partial charge < -0.3 is 20.1 Å². The highest BCUT2D eigenvalue weighted by Crippen LogP contribution is 2.47. The average molecular weight is 440 g/mol. The second kappa shape index (κ2) is 7.38. The molecule has 0 saturated carbocycles. The summed E-state index contributed by atoms with van der Waals surface area (Å²) in [5.74, 6) is -7.89. The number of carbonyl (C=O) groups excluding carboxylic acids is 1. The van der Waals surface area contributed by atoms with Crippen molar-refractivity contribution in [3.05, 3.63) is 23.8 Å². The molecule has 0 spiro atoms. The Hall–Kier alpha value is -2.68. The van der Waals surface area contributed by atoms with E-state index in [0.29, 0.717) is 18.2 Å². The lowest BCUT2D eigenvalue weighted by Gasteiger charge is -2.35. The smallest absolute Gasteiger partial charge is 0.438 e. The van der Waals surface area contributed by atoms with E-state index in [1.807, 2.05) is 0 Å². The third-order valence-electron chi connectivity index (χ3n) is 3.08. The molecule has 28 heavy (non-hydrogen) atoms. The van der Waals surface area contributed by atoms with Gasteiger partial charge >= 0.3 is 23.9 Å². The summed E-state index contributed by atoms with van der Waals surface area (Å²) in [7, 11) is -5.93. The molecule has 158 valence electrons. The van der Waals surface area contributed by atoms with E-state index in [0.717, 1.165) is 0 Å². The zero-order chi connectivity index (χ0) is 22.1. The first kappa shape index (κ1) is 23.4. The Bertz CT molecular complexity index is 850. The zero-order valence-corrected chi connectivity index (χ0v) is 13.9. The van der Waals surface area contributed by atoms with Crippen molar-refractivity contribution in [3.8, 4) is 17.2 Å². The predicted molar refractivity (Wildman–Crippen MR) is 77.8 cm³/mol. The summed E-state index contributed by atoms with van der Waals surface area (Å²) in [6, 6.07) is 1.25. The van der Waals surface area contributed by atoms with Gasteiger partial charge in [-0.05, 0) is 6.08 Å². The normalized spacial score (nSPS) is 13.7. The van der Waals surface area contributed by atoms with Gasteiger partial charge in [0.15, 0.2) is 0 Å². The molecule has 0 aliphatic rings. The number of benzene rings is 1. The number of ether oxygens (including phenoxy) is 1. The van der Waals surface area contributed by atoms with Crippen LogP contribution in [0.15, 0.2) is 18.2 Å². The highest BCUT2D eigenvalue weighted by molar-refractivity contribution is 7.85. The summed E-state index contributed by atoms with van der Waals surface area (Å²) in [5.41, 5.74) is -6.28. The molecule has 15 heteroatoms. The van der Waals surface area contributed by atoms with Gasteiger partial charge in [-0.2, -0.15) is 34.8 Å². The molecule has 0 atom stereocenters. The molecule has 8 nitrogen and oxygen atoms in total. The van der Waals surface area contributed by atoms with E-state index >= 15 is 0 Å². The van der Waals surface area contributed by atoms with Crippen LogP contribution in [0.2, 0.25) is 0 Å². The first-order valence-electron chi connectivity index (χ1n) is 6.64. The quantitative estimate of drug-likeness (QED) is 0.236. The maximum absolute atomic E-state index is 13.0. The average Bonchev–Trinajstić information content (AvgIpc) is 2.41. The SMILES string of the molecule is O=C(/C=C/c1c(O)cc(O)cc1O)OC(CS(=O)(=O)O)(C(F)(F)F)C(F)(F)F. The second-order valence-electron chi connectivity index (χ2n) is 5.20. The molecular formula is C13H10F6O8S. The van der Waals surface area contributed by atoms with Gasteiger partial charge in [-0.3, -0.25) is 4.55 Å². The van der Waals surface area contributed by atoms with Gasteiger partial charge in [-0.25, -0.2) is 4.79 Å². The van der Waals surface area contributed by atoms with Crippen LogP contribution in [-0.4, -0.2) is 58.0 Å². The van der Waals surface area contributed by atoms with Crippen molar-refractivity contribution in [2.24, 2.45) is 0 Å². The van der Waals surface area contributed by atoms with Crippen LogP contribution in [-0.2, 0) is 19.6 Å². The van der Waals surface area contributed by atoms with Crippen molar-refractivity contribution >= 4 is 22.2 Å². The first-order valence-corrected chi connectivity index (χ1v) is 8.25. The van der Waals surface area contributed by atoms with Crippen molar-refractivity contribution < 1.29 is 64.2 Å². The number of halogens is 6. The van der Waals surface area contributed by atoms with E-state index < -0.39 is 62.6 Å². The molecule has 1 aromatic rings. The molecule has 0 bridgehead atoms. The van der Waals surface area contributed by atoms with Crippen molar-refractivity contribution in [3.63, 3.8) is 0 Å². The summed E-state index contributed by atoms with van der Waals surface area (Å²) >= 11 is 0. The lowest BCUT2D eigenvalue weighted by atomic mass is 10.1. The minimum absolute atomic E-state index is 0.0813. The van der Waals surface area contributed by atoms with Gasteiger partial charge in [0.05, 0.1) is 5.56 Å². The third kappa shape index (κ3) is 5.19. The Morgan fingerprint density at radius 1 is 1.00 bits per heavy atom. The van der Waals surface area contributed by atoms with Crippen LogP contribution in [0.3, 0.4) is 0 Å². The van der Waals surface area contributed by atoms with Crippen LogP contribution in [0.4, 0.5) is 26.3 Å². The fourth-order valence-electron chi connectivity index (χ4n) is 1.86. The Kier molecular flexibility index (Phi) is 6.16. The van der Waals surface area contributed by atoms with Gasteiger partial charge in [0.25, 0.3) is 10.1 Å². The number of alkyl halides is 6. The maximum atomic E-state index is 13.0. The van der Waals surface area contributed by atoms with Crippen molar-refractivity contribution in [1.82, 2.24) is 0 Å². The van der Waals surface area contributed by atoms with Crippen LogP contribution in [0.5, 0.6) is 17.2 Å². The summed E-state index contributed by atoms with van der Waals surface area (Å²) < 4.78 is 111. The zero-order valence-electron chi connectivity index (χ0n) is 13.1. The van der Waals surface area contributed by atoms with Crippen LogP contribution in [0.1, 0.15) is 5.56 Å². The maximum Gasteiger partial charge on any atom is 0.438 e. The molecule has 0 radical (unpaired) electrons. The Morgan fingerprint density at radius 3 is 1.79 bits per heavy atom. The largest absolute Gasteiger partial charge is 0.508 e. The minimum atomic E-state index is -6.49. The highest BCUT2D eigenvalue weighted by atomic mass is 32.2. The first-order chi connectivity index (χ1) is 12.4. The van der Waals surface area contributed by atoms with Crippen molar-refractivity contribution in [1.29, 1.82) is 0 Å². The molecule has 0 aliphatic heterocycles. The predicted octanol–water partition coefficient (Wildman–Crippen LogP) is 2.11. The van der Waals surface area contributed by atoms with E-state index in [-0.39, 0.29) is 6.08 Å².